The molecule has 1 aliphatic heterocycles. The van der Waals surface area contributed by atoms with Gasteiger partial charge in [-0.15, -0.1) is 11.8 Å². The Kier molecular flexibility index (Phi) is 9.08. The van der Waals surface area contributed by atoms with Crippen molar-refractivity contribution in [2.45, 2.75) is 75.3 Å². The van der Waals surface area contributed by atoms with Gasteiger partial charge in [0.05, 0.1) is 6.61 Å². The molecule has 0 spiro atoms. The van der Waals surface area contributed by atoms with Crippen molar-refractivity contribution in [2.75, 3.05) is 12.4 Å². The average molecular weight is 308 g/mol. The van der Waals surface area contributed by atoms with Crippen LogP contribution in [0, 0.1) is 0 Å². The van der Waals surface area contributed by atoms with Crippen LogP contribution in [-0.2, 0) is 4.74 Å². The predicted octanol–water partition coefficient (Wildman–Crippen LogP) is 0.880. The lowest BCUT2D eigenvalue weighted by Gasteiger charge is -2.39. The smallest absolute Gasteiger partial charge is 0.132 e. The fourth-order valence-corrected chi connectivity index (χ4v) is 3.47. The lowest BCUT2D eigenvalue weighted by atomic mass is 10.0. The van der Waals surface area contributed by atoms with E-state index in [9.17, 15) is 15.3 Å². The lowest BCUT2D eigenvalue weighted by molar-refractivity contribution is -0.205. The summed E-state index contributed by atoms with van der Waals surface area (Å²) in [5.74, 6) is 0.842. The molecule has 1 fully saturated rings. The van der Waals surface area contributed by atoms with E-state index >= 15 is 0 Å². The van der Waals surface area contributed by atoms with Gasteiger partial charge in [0, 0.05) is 0 Å². The molecule has 0 saturated carbocycles. The molecule has 1 saturated heterocycles. The van der Waals surface area contributed by atoms with Crippen molar-refractivity contribution in [1.29, 1.82) is 0 Å². The van der Waals surface area contributed by atoms with Crippen molar-refractivity contribution in [3.63, 3.8) is 0 Å². The van der Waals surface area contributed by atoms with Gasteiger partial charge in [0.2, 0.25) is 0 Å². The number of ether oxygens (including phenoxy) is 1. The number of hydrogen-bond acceptors (Lipinski definition) is 6. The van der Waals surface area contributed by atoms with Gasteiger partial charge in [-0.25, -0.2) is 0 Å². The molecule has 0 amide bonds. The van der Waals surface area contributed by atoms with Gasteiger partial charge in [-0.3, -0.25) is 0 Å². The molecular weight excluding hydrogens is 280 g/mol. The van der Waals surface area contributed by atoms with Crippen LogP contribution in [0.2, 0.25) is 0 Å². The van der Waals surface area contributed by atoms with Crippen LogP contribution >= 0.6 is 11.8 Å². The van der Waals surface area contributed by atoms with Crippen LogP contribution in [0.4, 0.5) is 0 Å². The van der Waals surface area contributed by atoms with Crippen LogP contribution in [0.25, 0.3) is 0 Å². The first-order valence-electron chi connectivity index (χ1n) is 7.54. The van der Waals surface area contributed by atoms with Crippen molar-refractivity contribution in [3.05, 3.63) is 0 Å². The number of hydrogen-bond donors (Lipinski definition) is 4. The summed E-state index contributed by atoms with van der Waals surface area (Å²) in [5.41, 5.74) is -0.582. The third kappa shape index (κ3) is 5.50. The molecule has 1 rings (SSSR count). The maximum atomic E-state index is 9.86. The summed E-state index contributed by atoms with van der Waals surface area (Å²) in [6, 6.07) is 0. The summed E-state index contributed by atoms with van der Waals surface area (Å²) in [6.07, 6.45) is 2.77. The highest BCUT2D eigenvalue weighted by atomic mass is 32.2. The molecule has 20 heavy (non-hydrogen) atoms. The third-order valence-corrected chi connectivity index (χ3v) is 4.87. The molecule has 0 aromatic rings. The molecule has 5 atom stereocenters. The van der Waals surface area contributed by atoms with E-state index in [4.69, 9.17) is 9.84 Å². The van der Waals surface area contributed by atoms with E-state index in [1.54, 1.807) is 0 Å². The first-order valence-corrected chi connectivity index (χ1v) is 8.58. The van der Waals surface area contributed by atoms with Crippen molar-refractivity contribution in [2.24, 2.45) is 0 Å². The van der Waals surface area contributed by atoms with E-state index in [0.29, 0.717) is 0 Å². The molecular formula is C14H28O5S. The van der Waals surface area contributed by atoms with Gasteiger partial charge >= 0.3 is 0 Å². The van der Waals surface area contributed by atoms with E-state index in [2.05, 4.69) is 6.92 Å². The van der Waals surface area contributed by atoms with Crippen LogP contribution in [-0.4, -0.2) is 62.6 Å². The summed E-state index contributed by atoms with van der Waals surface area (Å²) in [5, 5.41) is 38.3. The summed E-state index contributed by atoms with van der Waals surface area (Å²) >= 11 is 1.44. The van der Waals surface area contributed by atoms with Gasteiger partial charge in [-0.2, -0.15) is 0 Å². The first kappa shape index (κ1) is 18.2. The summed E-state index contributed by atoms with van der Waals surface area (Å²) in [6.45, 7) is 1.83. The van der Waals surface area contributed by atoms with Gasteiger partial charge in [0.25, 0.3) is 0 Å². The minimum atomic E-state index is -1.26. The second-order valence-corrected chi connectivity index (χ2v) is 6.54. The molecule has 0 aliphatic carbocycles. The van der Waals surface area contributed by atoms with Crippen molar-refractivity contribution >= 4 is 11.8 Å². The maximum absolute atomic E-state index is 9.86. The highest BCUT2D eigenvalue weighted by Crippen LogP contribution is 2.29. The third-order valence-electron chi connectivity index (χ3n) is 3.63. The molecule has 0 aromatic heterocycles. The van der Waals surface area contributed by atoms with E-state index in [1.807, 2.05) is 0 Å². The fraction of sp³-hybridized carbons (Fsp3) is 1.00. The highest BCUT2D eigenvalue weighted by Gasteiger charge is 2.43. The first-order chi connectivity index (χ1) is 9.61. The normalized spacial score (nSPS) is 34.4. The Labute approximate surface area is 125 Å². The Morgan fingerprint density at radius 2 is 1.55 bits per heavy atom. The van der Waals surface area contributed by atoms with Crippen LogP contribution in [0.5, 0.6) is 0 Å². The Morgan fingerprint density at radius 3 is 2.20 bits per heavy atom. The van der Waals surface area contributed by atoms with Crippen molar-refractivity contribution < 1.29 is 25.2 Å². The van der Waals surface area contributed by atoms with Crippen molar-refractivity contribution in [3.8, 4) is 0 Å². The summed E-state index contributed by atoms with van der Waals surface area (Å²) < 4.78 is 5.43. The largest absolute Gasteiger partial charge is 0.394 e. The van der Waals surface area contributed by atoms with Crippen LogP contribution in [0.1, 0.15) is 45.4 Å². The molecule has 0 bridgehead atoms. The Morgan fingerprint density at radius 1 is 0.900 bits per heavy atom. The molecule has 120 valence electrons. The zero-order valence-electron chi connectivity index (χ0n) is 12.1. The summed E-state index contributed by atoms with van der Waals surface area (Å²) in [4.78, 5) is 0. The second kappa shape index (κ2) is 9.97. The zero-order chi connectivity index (χ0) is 15.0. The minimum Gasteiger partial charge on any atom is -0.394 e. The van der Waals surface area contributed by atoms with E-state index < -0.39 is 29.9 Å². The quantitative estimate of drug-likeness (QED) is 0.473. The number of aliphatic hydroxyl groups excluding tert-OH is 4. The molecule has 2 unspecified atom stereocenters. The molecule has 6 heteroatoms. The zero-order valence-corrected chi connectivity index (χ0v) is 13.0. The van der Waals surface area contributed by atoms with E-state index in [1.165, 1.54) is 37.4 Å². The molecule has 1 heterocycles. The summed E-state index contributed by atoms with van der Waals surface area (Å²) in [7, 11) is 0. The number of rotatable bonds is 9. The average Bonchev–Trinajstić information content (AvgIpc) is 2.46. The Balaban J connectivity index is 2.21. The van der Waals surface area contributed by atoms with Crippen LogP contribution in [0.3, 0.4) is 0 Å². The van der Waals surface area contributed by atoms with Gasteiger partial charge < -0.3 is 25.2 Å². The maximum Gasteiger partial charge on any atom is 0.132 e. The topological polar surface area (TPSA) is 90.2 Å². The van der Waals surface area contributed by atoms with Gasteiger partial charge in [0.15, 0.2) is 0 Å². The second-order valence-electron chi connectivity index (χ2n) is 5.34. The number of aliphatic hydroxyl groups is 4. The Hall–Kier alpha value is 0.150. The van der Waals surface area contributed by atoms with Crippen LogP contribution < -0.4 is 0 Å². The predicted molar refractivity (Wildman–Crippen MR) is 79.6 cm³/mol. The van der Waals surface area contributed by atoms with Gasteiger partial charge in [-0.1, -0.05) is 39.0 Å². The SMILES string of the molecule is CCCCCCCCS[C@@H]1OC(CO)[C@@H](O)[C@H](O)C1O. The van der Waals surface area contributed by atoms with Gasteiger partial charge in [-0.05, 0) is 12.2 Å². The molecule has 4 N–H and O–H groups in total. The molecule has 0 radical (unpaired) electrons. The molecule has 1 aliphatic rings. The highest BCUT2D eigenvalue weighted by molar-refractivity contribution is 7.99. The van der Waals surface area contributed by atoms with Gasteiger partial charge in [0.1, 0.15) is 29.9 Å². The lowest BCUT2D eigenvalue weighted by Crippen LogP contribution is -2.57. The minimum absolute atomic E-state index is 0.362. The fourth-order valence-electron chi connectivity index (χ4n) is 2.29. The molecule has 0 aromatic carbocycles. The van der Waals surface area contributed by atoms with E-state index in [-0.39, 0.29) is 6.61 Å². The van der Waals surface area contributed by atoms with E-state index in [0.717, 1.165) is 18.6 Å². The van der Waals surface area contributed by atoms with Crippen molar-refractivity contribution in [1.82, 2.24) is 0 Å². The standard InChI is InChI=1S/C14H28O5S/c1-2-3-4-5-6-7-8-20-14-13(18)12(17)11(16)10(9-15)19-14/h10-18H,2-9H2,1H3/t10?,11-,12+,13?,14+/m1/s1. The number of unbranched alkanes of at least 4 members (excludes halogenated alkanes) is 5. The number of thioether (sulfide) groups is 1. The monoisotopic (exact) mass is 308 g/mol. The Bertz CT molecular complexity index is 252. The molecule has 5 nitrogen and oxygen atoms in total. The van der Waals surface area contributed by atoms with Crippen LogP contribution in [0.15, 0.2) is 0 Å².